The minimum absolute atomic E-state index is 0.790. The van der Waals surface area contributed by atoms with Crippen LogP contribution in [0.3, 0.4) is 0 Å². The molecule has 1 aliphatic heterocycles. The zero-order valence-corrected chi connectivity index (χ0v) is 71.8. The van der Waals surface area contributed by atoms with E-state index in [1.807, 2.05) is 108 Å². The second-order valence-electron chi connectivity index (χ2n) is 22.6. The molecule has 22 heterocycles. The van der Waals surface area contributed by atoms with Crippen LogP contribution < -0.4 is 4.90 Å². The van der Waals surface area contributed by atoms with Crippen LogP contribution in [0, 0.1) is 0 Å². The van der Waals surface area contributed by atoms with Gasteiger partial charge < -0.3 is 4.90 Å². The number of nitrogens with zero attached hydrogens (tertiary/aromatic N) is 22. The molecule has 22 rings (SSSR count). The monoisotopic (exact) mass is 1830 g/mol. The molecular formula is C66H26N22S22. The lowest BCUT2D eigenvalue weighted by molar-refractivity contribution is 1.14. The van der Waals surface area contributed by atoms with Crippen LogP contribution >= 0.6 is 250 Å². The predicted molar refractivity (Wildman–Crippen MR) is 468 cm³/mol. The van der Waals surface area contributed by atoms with Gasteiger partial charge in [-0.05, 0) is 5.41 Å². The van der Waals surface area contributed by atoms with Gasteiger partial charge in [-0.1, -0.05) is 0 Å². The summed E-state index contributed by atoms with van der Waals surface area (Å²) >= 11 is 34.4. The van der Waals surface area contributed by atoms with Crippen molar-refractivity contribution in [2.24, 2.45) is 0 Å². The molecule has 0 aliphatic carbocycles. The molecule has 0 N–H and O–H groups in total. The molecule has 0 radical (unpaired) electrons. The molecule has 44 heteroatoms. The average molecular weight is 1830 g/mol. The van der Waals surface area contributed by atoms with Gasteiger partial charge in [0, 0.05) is 119 Å². The lowest BCUT2D eigenvalue weighted by atomic mass is 10.4. The smallest absolute Gasteiger partial charge is 0.144 e. The van der Waals surface area contributed by atoms with Crippen molar-refractivity contribution in [2.75, 3.05) is 10.8 Å². The molecule has 0 amide bonds. The Bertz CT molecular complexity index is 6920. The first-order valence-electron chi connectivity index (χ1n) is 31.4. The summed E-state index contributed by atoms with van der Waals surface area (Å²) in [6.07, 6.45) is 1.79. The van der Waals surface area contributed by atoms with E-state index in [9.17, 15) is 0 Å². The molecular weight excluding hydrogens is 1810 g/mol. The van der Waals surface area contributed by atoms with Gasteiger partial charge in [0.1, 0.15) is 214 Å². The Morgan fingerprint density at radius 1 is 0.200 bits per heavy atom. The second kappa shape index (κ2) is 29.3. The largest absolute Gasteiger partial charge is 0.312 e. The molecule has 22 nitrogen and oxygen atoms in total. The summed E-state index contributed by atoms with van der Waals surface area (Å²) in [4.78, 5) is 105. The summed E-state index contributed by atoms with van der Waals surface area (Å²) < 4.78 is 0. The highest BCUT2D eigenvalue weighted by Gasteiger charge is 2.27. The molecule has 0 bridgehead atoms. The summed E-state index contributed by atoms with van der Waals surface area (Å²) in [5, 5.41) is 61.4. The van der Waals surface area contributed by atoms with Crippen LogP contribution in [0.5, 0.6) is 0 Å². The standard InChI is InChI=1S/C66H26N22S22/c1-2-91-47(67-1)26-3-92-48(69-26)27-4-93-49(70-27)28-5-94-50(71-28)29-6-95-51(72-29)30-7-96-52(73-30)31-8-97-53(74-31)32-9-98-54(75-32)33-10-99-55(76-33)34-11-100-56(77-34)35-12-101-57(78-35)36-13-102-58(79-36)37-14-103-59(80-37)38-15-104-60(81-38)39-16-105-61(82-39)40-17-106-62(83-40)41-18-107-63(84-41)42-19-108-64(85-42)43-20-109-65(86-43)44-21-110-66(87-44)45-22-90-25-88(45)46-23-89-24-68-46/h1-24H,25H2. The van der Waals surface area contributed by atoms with Gasteiger partial charge in [-0.15, -0.1) is 250 Å². The van der Waals surface area contributed by atoms with Gasteiger partial charge in [0.2, 0.25) is 0 Å². The normalized spacial score (nSPS) is 12.5. The Morgan fingerprint density at radius 3 is 0.573 bits per heavy atom. The van der Waals surface area contributed by atoms with Gasteiger partial charge in [-0.25, -0.2) is 105 Å². The quantitative estimate of drug-likeness (QED) is 0.0646. The lowest BCUT2D eigenvalue weighted by Gasteiger charge is -2.16. The summed E-state index contributed by atoms with van der Waals surface area (Å²) in [6, 6.07) is 0. The highest BCUT2D eigenvalue weighted by atomic mass is 32.2. The van der Waals surface area contributed by atoms with E-state index in [1.54, 1.807) is 256 Å². The Kier molecular flexibility index (Phi) is 18.3. The summed E-state index contributed by atoms with van der Waals surface area (Å²) in [7, 11) is 0. The average Bonchev–Trinajstić information content (AvgIpc) is 1.66. The van der Waals surface area contributed by atoms with Crippen molar-refractivity contribution in [3.63, 3.8) is 0 Å². The lowest BCUT2D eigenvalue weighted by Crippen LogP contribution is -2.16. The molecule has 0 saturated heterocycles. The number of thiazole rings is 21. The maximum absolute atomic E-state index is 5.00. The topological polar surface area (TPSA) is 274 Å². The van der Waals surface area contributed by atoms with Crippen LogP contribution in [0.2, 0.25) is 0 Å². The summed E-state index contributed by atoms with van der Waals surface area (Å²) in [5.41, 5.74) is 18.3. The van der Waals surface area contributed by atoms with Gasteiger partial charge >= 0.3 is 0 Å². The van der Waals surface area contributed by atoms with Gasteiger partial charge in [-0.3, -0.25) is 0 Å². The van der Waals surface area contributed by atoms with Crippen molar-refractivity contribution in [1.29, 1.82) is 0 Å². The van der Waals surface area contributed by atoms with Crippen molar-refractivity contribution in [3.05, 3.63) is 135 Å². The van der Waals surface area contributed by atoms with Gasteiger partial charge in [-0.2, -0.15) is 0 Å². The molecule has 0 fully saturated rings. The van der Waals surface area contributed by atoms with Crippen molar-refractivity contribution < 1.29 is 0 Å². The highest BCUT2D eigenvalue weighted by molar-refractivity contribution is 8.02. The van der Waals surface area contributed by atoms with E-state index < -0.39 is 0 Å². The van der Waals surface area contributed by atoms with E-state index in [2.05, 4.69) is 31.0 Å². The fourth-order valence-corrected chi connectivity index (χ4v) is 28.8. The molecule has 0 atom stereocenters. The van der Waals surface area contributed by atoms with Gasteiger partial charge in [0.05, 0.1) is 17.1 Å². The van der Waals surface area contributed by atoms with Crippen molar-refractivity contribution >= 4 is 261 Å². The fourth-order valence-electron chi connectivity index (χ4n) is 10.7. The van der Waals surface area contributed by atoms with Crippen LogP contribution in [0.1, 0.15) is 5.01 Å². The van der Waals surface area contributed by atoms with Gasteiger partial charge in [0.15, 0.2) is 0 Å². The number of hydrogen-bond donors (Lipinski definition) is 0. The first-order valence-corrected chi connectivity index (χ1v) is 51.0. The molecule has 21 aromatic heterocycles. The summed E-state index contributed by atoms with van der Waals surface area (Å²) in [6.45, 7) is 0. The molecule has 0 aromatic carbocycles. The maximum Gasteiger partial charge on any atom is 0.144 e. The van der Waals surface area contributed by atoms with Crippen LogP contribution in [0.15, 0.2) is 130 Å². The van der Waals surface area contributed by atoms with E-state index in [-0.39, 0.29) is 0 Å². The minimum Gasteiger partial charge on any atom is -0.312 e. The zero-order valence-electron chi connectivity index (χ0n) is 53.9. The first kappa shape index (κ1) is 68.9. The van der Waals surface area contributed by atoms with Crippen LogP contribution in [0.25, 0.3) is 209 Å². The predicted octanol–water partition coefficient (Wildman–Crippen LogP) is 24.5. The zero-order chi connectivity index (χ0) is 72.3. The molecule has 0 spiro atoms. The molecule has 1 aliphatic rings. The van der Waals surface area contributed by atoms with Gasteiger partial charge in [0.25, 0.3) is 0 Å². The van der Waals surface area contributed by atoms with E-state index in [1.165, 1.54) is 0 Å². The number of hydrogen-bond acceptors (Lipinski definition) is 44. The first-order chi connectivity index (χ1) is 54.3. The third-order valence-corrected chi connectivity index (χ3v) is 34.4. The van der Waals surface area contributed by atoms with Crippen molar-refractivity contribution in [2.45, 2.75) is 0 Å². The molecule has 532 valence electrons. The van der Waals surface area contributed by atoms with E-state index in [0.29, 0.717) is 0 Å². The van der Waals surface area contributed by atoms with Crippen LogP contribution in [-0.2, 0) is 0 Å². The Balaban J connectivity index is 0.410. The van der Waals surface area contributed by atoms with E-state index >= 15 is 0 Å². The number of aromatic nitrogens is 21. The van der Waals surface area contributed by atoms with E-state index in [4.69, 9.17) is 94.7 Å². The molecule has 110 heavy (non-hydrogen) atoms. The molecule has 0 saturated carbocycles. The Morgan fingerprint density at radius 2 is 0.391 bits per heavy atom. The van der Waals surface area contributed by atoms with E-state index in [0.717, 1.165) is 226 Å². The van der Waals surface area contributed by atoms with Crippen molar-refractivity contribution in [1.82, 2.24) is 105 Å². The highest BCUT2D eigenvalue weighted by Crippen LogP contribution is 2.46. The SMILES string of the molecule is C1=C(c2nc(-c3nc(-c4nc(-c5nc(-c6nc(-c7nc(-c8nc(-c9nc(-c%10nc(-c%11nc(-c%12nc(-c%13nc(-c%14nc(-c%15nc(-c%16nc(-c%17nc(-c%18nc(-c%19nc(-c%20nc(-c%21nccs%21)cs%20)cs%19)cs%18)cs%17)cs%16)cs%15)cs%14)cs%13)cs%12)cs%11)cs%10)cs9)cs8)cs7)cs6)cs5)cs4)cs3)cs2)N(c2cscn2)CS1. The molecule has 0 unspecified atom stereocenters. The Hall–Kier alpha value is -7.88. The Labute approximate surface area is 706 Å². The molecule has 21 aromatic rings. The number of rotatable bonds is 21. The summed E-state index contributed by atoms with van der Waals surface area (Å²) in [5.74, 6) is 1.77. The third-order valence-electron chi connectivity index (χ3n) is 15.8. The van der Waals surface area contributed by atoms with Crippen LogP contribution in [-0.4, -0.2) is 111 Å². The fraction of sp³-hybridized carbons (Fsp3) is 0.0152. The van der Waals surface area contributed by atoms with Crippen molar-refractivity contribution in [3.8, 4) is 203 Å². The number of anilines is 1. The van der Waals surface area contributed by atoms with Crippen LogP contribution in [0.4, 0.5) is 5.82 Å². The maximum atomic E-state index is 5.00. The number of thioether (sulfide) groups is 1. The minimum atomic E-state index is 0.790. The second-order valence-corrected chi connectivity index (χ2v) is 41.4. The third kappa shape index (κ3) is 13.4.